The summed E-state index contributed by atoms with van der Waals surface area (Å²) in [5.74, 6) is -1.51. The molecule has 3 aliphatic heterocycles. The number of nitrogens with one attached hydrogen (secondary N) is 1. The van der Waals surface area contributed by atoms with Crippen LogP contribution in [-0.4, -0.2) is 43.8 Å². The minimum absolute atomic E-state index is 0.220. The Morgan fingerprint density at radius 1 is 0.860 bits per heavy atom. The molecule has 7 rings (SSSR count). The maximum absolute atomic E-state index is 15.1. The van der Waals surface area contributed by atoms with E-state index in [-0.39, 0.29) is 27.8 Å². The van der Waals surface area contributed by atoms with Gasteiger partial charge in [0.15, 0.2) is 11.6 Å². The number of anilines is 2. The number of nitrogens with zero attached hydrogens (tertiary/aromatic N) is 1. The highest BCUT2D eigenvalue weighted by Crippen LogP contribution is 2.58. The van der Waals surface area contributed by atoms with Crippen LogP contribution in [0.15, 0.2) is 97.1 Å². The zero-order chi connectivity index (χ0) is 29.9. The van der Waals surface area contributed by atoms with E-state index in [1.807, 2.05) is 65.6 Å². The van der Waals surface area contributed by atoms with Gasteiger partial charge in [-0.2, -0.15) is 0 Å². The molecule has 4 atom stereocenters. The Hall–Kier alpha value is -4.88. The monoisotopic (exact) mass is 590 g/mol. The smallest absolute Gasteiger partial charge is 0.238 e. The number of Topliss-reactive ketones (excluding diaryl/α,β-unsaturated/α-hetero) is 2. The third kappa shape index (κ3) is 3.78. The molecule has 1 saturated heterocycles. The lowest BCUT2D eigenvalue weighted by Gasteiger charge is -2.37. The Bertz CT molecular complexity index is 1850. The number of rotatable bonds is 6. The van der Waals surface area contributed by atoms with Crippen molar-refractivity contribution in [2.45, 2.75) is 17.5 Å². The van der Waals surface area contributed by atoms with Gasteiger partial charge in [0, 0.05) is 16.9 Å². The molecule has 0 unspecified atom stereocenters. The number of para-hydroxylation sites is 2. The van der Waals surface area contributed by atoms with Crippen LogP contribution in [0.3, 0.4) is 0 Å². The van der Waals surface area contributed by atoms with Crippen molar-refractivity contribution in [2.24, 2.45) is 5.92 Å². The molecular weight excluding hydrogens is 564 g/mol. The summed E-state index contributed by atoms with van der Waals surface area (Å²) in [5, 5.41) is 3.31. The lowest BCUT2D eigenvalue weighted by Crippen LogP contribution is -2.51. The predicted molar refractivity (Wildman–Crippen MR) is 165 cm³/mol. The number of carbonyl (C=O) groups is 3. The molecule has 8 heteroatoms. The van der Waals surface area contributed by atoms with Crippen LogP contribution < -0.4 is 19.7 Å². The summed E-state index contributed by atoms with van der Waals surface area (Å²) in [6.45, 7) is 0. The van der Waals surface area contributed by atoms with Gasteiger partial charge < -0.3 is 19.7 Å². The molecule has 1 N–H and O–H groups in total. The summed E-state index contributed by atoms with van der Waals surface area (Å²) in [4.78, 5) is 46.4. The van der Waals surface area contributed by atoms with Crippen LogP contribution in [0.5, 0.6) is 11.5 Å². The maximum Gasteiger partial charge on any atom is 0.238 e. The molecule has 1 fully saturated rings. The van der Waals surface area contributed by atoms with E-state index in [2.05, 4.69) is 5.32 Å². The van der Waals surface area contributed by atoms with Crippen LogP contribution in [0.4, 0.5) is 11.4 Å². The molecule has 0 saturated carbocycles. The van der Waals surface area contributed by atoms with Crippen LogP contribution in [0.2, 0.25) is 5.02 Å². The summed E-state index contributed by atoms with van der Waals surface area (Å²) in [6.07, 6.45) is 3.90. The Labute approximate surface area is 253 Å². The van der Waals surface area contributed by atoms with Gasteiger partial charge in [-0.1, -0.05) is 72.3 Å². The van der Waals surface area contributed by atoms with Crippen molar-refractivity contribution in [1.82, 2.24) is 0 Å². The SMILES string of the molecule is COc1ccc(OC)c(C(=O)[C@@H]2[C@@H](C(=O)c3ccccc3Cl)N3c4ccccc4C=C[C@@H]3[C@@]23C(=O)Nc2ccccc23)c1. The lowest BCUT2D eigenvalue weighted by atomic mass is 9.64. The van der Waals surface area contributed by atoms with Gasteiger partial charge in [-0.3, -0.25) is 14.4 Å². The largest absolute Gasteiger partial charge is 0.497 e. The van der Waals surface area contributed by atoms with Crippen LogP contribution in [-0.2, 0) is 10.2 Å². The molecule has 0 bridgehead atoms. The van der Waals surface area contributed by atoms with Gasteiger partial charge in [0.1, 0.15) is 23.0 Å². The molecule has 43 heavy (non-hydrogen) atoms. The number of benzene rings is 4. The number of amides is 1. The second-order valence-corrected chi connectivity index (χ2v) is 11.2. The third-order valence-electron chi connectivity index (χ3n) is 8.90. The first-order chi connectivity index (χ1) is 20.9. The maximum atomic E-state index is 15.1. The summed E-state index contributed by atoms with van der Waals surface area (Å²) >= 11 is 6.61. The Balaban J connectivity index is 1.56. The predicted octanol–water partition coefficient (Wildman–Crippen LogP) is 6.21. The third-order valence-corrected chi connectivity index (χ3v) is 9.23. The number of hydrogen-bond donors (Lipinski definition) is 1. The zero-order valence-corrected chi connectivity index (χ0v) is 24.2. The topological polar surface area (TPSA) is 84.9 Å². The van der Waals surface area contributed by atoms with E-state index in [1.54, 1.807) is 42.5 Å². The molecular formula is C35H27ClN2O5. The summed E-state index contributed by atoms with van der Waals surface area (Å²) in [5.41, 5.74) is 1.95. The fraction of sp³-hybridized carbons (Fsp3) is 0.171. The second kappa shape index (κ2) is 10.1. The first-order valence-corrected chi connectivity index (χ1v) is 14.3. The molecule has 214 valence electrons. The average molecular weight is 591 g/mol. The van der Waals surface area contributed by atoms with E-state index in [0.29, 0.717) is 22.7 Å². The molecule has 7 nitrogen and oxygen atoms in total. The summed E-state index contributed by atoms with van der Waals surface area (Å²) in [7, 11) is 2.99. The fourth-order valence-electron chi connectivity index (χ4n) is 7.11. The molecule has 1 amide bonds. The number of ketones is 2. The van der Waals surface area contributed by atoms with E-state index in [9.17, 15) is 9.59 Å². The van der Waals surface area contributed by atoms with Crippen LogP contribution in [0.1, 0.15) is 31.8 Å². The number of ether oxygens (including phenoxy) is 2. The molecule has 4 aromatic carbocycles. The van der Waals surface area contributed by atoms with Crippen molar-refractivity contribution in [2.75, 3.05) is 24.4 Å². The van der Waals surface area contributed by atoms with Gasteiger partial charge in [-0.05, 0) is 53.6 Å². The molecule has 3 heterocycles. The summed E-state index contributed by atoms with van der Waals surface area (Å²) < 4.78 is 11.1. The average Bonchev–Trinajstić information content (AvgIpc) is 3.52. The first-order valence-electron chi connectivity index (χ1n) is 13.9. The highest BCUT2D eigenvalue weighted by Gasteiger charge is 2.70. The molecule has 4 aromatic rings. The molecule has 0 aliphatic carbocycles. The molecule has 1 spiro atoms. The van der Waals surface area contributed by atoms with Gasteiger partial charge in [0.2, 0.25) is 5.91 Å². The van der Waals surface area contributed by atoms with Crippen molar-refractivity contribution in [3.63, 3.8) is 0 Å². The number of halogens is 1. The minimum Gasteiger partial charge on any atom is -0.497 e. The van der Waals surface area contributed by atoms with Gasteiger partial charge in [0.25, 0.3) is 0 Å². The van der Waals surface area contributed by atoms with Gasteiger partial charge >= 0.3 is 0 Å². The fourth-order valence-corrected chi connectivity index (χ4v) is 7.34. The van der Waals surface area contributed by atoms with Gasteiger partial charge in [-0.15, -0.1) is 0 Å². The highest BCUT2D eigenvalue weighted by atomic mass is 35.5. The lowest BCUT2D eigenvalue weighted by molar-refractivity contribution is -0.121. The van der Waals surface area contributed by atoms with Crippen molar-refractivity contribution in [3.05, 3.63) is 124 Å². The van der Waals surface area contributed by atoms with E-state index in [1.165, 1.54) is 14.2 Å². The van der Waals surface area contributed by atoms with Gasteiger partial charge in [0.05, 0.1) is 36.8 Å². The normalized spacial score (nSPS) is 22.9. The molecule has 0 radical (unpaired) electrons. The second-order valence-electron chi connectivity index (χ2n) is 10.8. The van der Waals surface area contributed by atoms with Crippen molar-refractivity contribution >= 4 is 46.5 Å². The van der Waals surface area contributed by atoms with Crippen LogP contribution >= 0.6 is 11.6 Å². The zero-order valence-electron chi connectivity index (χ0n) is 23.4. The number of hydrogen-bond acceptors (Lipinski definition) is 6. The quantitative estimate of drug-likeness (QED) is 0.269. The van der Waals surface area contributed by atoms with E-state index in [0.717, 1.165) is 11.3 Å². The highest BCUT2D eigenvalue weighted by molar-refractivity contribution is 6.34. The van der Waals surface area contributed by atoms with E-state index in [4.69, 9.17) is 21.1 Å². The number of methoxy groups -OCH3 is 2. The Morgan fingerprint density at radius 3 is 2.40 bits per heavy atom. The van der Waals surface area contributed by atoms with Gasteiger partial charge in [-0.25, -0.2) is 0 Å². The Kier molecular flexibility index (Phi) is 6.36. The molecule has 3 aliphatic rings. The minimum atomic E-state index is -1.45. The molecule has 0 aromatic heterocycles. The van der Waals surface area contributed by atoms with Crippen molar-refractivity contribution in [3.8, 4) is 11.5 Å². The van der Waals surface area contributed by atoms with E-state index >= 15 is 4.79 Å². The van der Waals surface area contributed by atoms with Crippen LogP contribution in [0.25, 0.3) is 6.08 Å². The van der Waals surface area contributed by atoms with Crippen molar-refractivity contribution in [1.29, 1.82) is 0 Å². The summed E-state index contributed by atoms with van der Waals surface area (Å²) in [6, 6.07) is 25.1. The Morgan fingerprint density at radius 2 is 1.60 bits per heavy atom. The van der Waals surface area contributed by atoms with Crippen LogP contribution in [0, 0.1) is 5.92 Å². The first kappa shape index (κ1) is 27.0. The van der Waals surface area contributed by atoms with Crippen molar-refractivity contribution < 1.29 is 23.9 Å². The van der Waals surface area contributed by atoms with E-state index < -0.39 is 29.2 Å². The number of carbonyl (C=O) groups excluding carboxylic acids is 3. The standard InChI is InChI=1S/C35H27ClN2O5/c1-42-21-16-17-28(43-2)23(19-21)32(39)30-31(33(40)22-10-4-6-12-25(22)36)38-27-14-8-3-9-20(27)15-18-29(38)35(30)24-11-5-7-13-26(24)37-34(35)41/h3-19,29-31H,1-2H3,(H,37,41)/t29-,30+,31+,35-/m1/s1. The number of fused-ring (bicyclic) bond motifs is 6.